The number of methoxy groups -OCH3 is 2. The second kappa shape index (κ2) is 8.83. The Morgan fingerprint density at radius 2 is 1.03 bits per heavy atom. The van der Waals surface area contributed by atoms with Crippen LogP contribution in [0.1, 0.15) is 47.4 Å². The van der Waals surface area contributed by atoms with Gasteiger partial charge in [0.2, 0.25) is 0 Å². The Bertz CT molecular complexity index is 1250. The molecule has 0 bridgehead atoms. The number of hydrogen-bond acceptors (Lipinski definition) is 4. The highest BCUT2D eigenvalue weighted by atomic mass is 16.5. The first kappa shape index (κ1) is 21.6. The van der Waals surface area contributed by atoms with Crippen LogP contribution in [0.4, 0.5) is 0 Å². The normalized spacial score (nSPS) is 11.0. The molecule has 4 aromatic carbocycles. The van der Waals surface area contributed by atoms with Gasteiger partial charge in [0, 0.05) is 35.1 Å². The van der Waals surface area contributed by atoms with E-state index >= 15 is 0 Å². The van der Waals surface area contributed by atoms with Crippen LogP contribution in [0.5, 0.6) is 11.5 Å². The number of carbonyl (C=O) groups is 2. The summed E-state index contributed by atoms with van der Waals surface area (Å²) in [5, 5.41) is 3.85. The van der Waals surface area contributed by atoms with E-state index in [1.165, 1.54) is 0 Å². The van der Waals surface area contributed by atoms with Gasteiger partial charge >= 0.3 is 0 Å². The Morgan fingerprint density at radius 1 is 0.625 bits per heavy atom. The summed E-state index contributed by atoms with van der Waals surface area (Å²) in [6, 6.07) is 19.3. The molecule has 0 aromatic heterocycles. The number of benzene rings is 4. The molecule has 0 aliphatic heterocycles. The van der Waals surface area contributed by atoms with Crippen LogP contribution in [0.25, 0.3) is 32.7 Å². The van der Waals surface area contributed by atoms with Crippen molar-refractivity contribution in [2.24, 2.45) is 0 Å². The highest BCUT2D eigenvalue weighted by molar-refractivity contribution is 6.12. The van der Waals surface area contributed by atoms with Gasteiger partial charge in [-0.3, -0.25) is 9.59 Å². The lowest BCUT2D eigenvalue weighted by molar-refractivity contribution is 0.0980. The second-order valence-electron chi connectivity index (χ2n) is 7.71. The Labute approximate surface area is 187 Å². The molecule has 0 N–H and O–H groups in total. The van der Waals surface area contributed by atoms with Gasteiger partial charge < -0.3 is 9.47 Å². The third kappa shape index (κ3) is 3.62. The number of hydrogen-bond donors (Lipinski definition) is 0. The largest absolute Gasteiger partial charge is 0.496 e. The molecule has 0 aliphatic carbocycles. The SMILES string of the molecule is CCC(=O)c1ccc2c(-c3c(OC)ccc4cc(C(=O)CC)ccc34)c(OC)ccc2c1. The summed E-state index contributed by atoms with van der Waals surface area (Å²) in [5.74, 6) is 1.65. The van der Waals surface area contributed by atoms with Crippen molar-refractivity contribution in [2.45, 2.75) is 26.7 Å². The summed E-state index contributed by atoms with van der Waals surface area (Å²) in [6.07, 6.45) is 0.926. The van der Waals surface area contributed by atoms with Gasteiger partial charge in [-0.05, 0) is 45.8 Å². The highest BCUT2D eigenvalue weighted by Gasteiger charge is 2.19. The van der Waals surface area contributed by atoms with Gasteiger partial charge in [0.05, 0.1) is 14.2 Å². The standard InChI is InChI=1S/C28H26O4/c1-5-23(29)19-7-11-21-17(15-19)9-13-25(31-3)27(21)28-22-12-8-20(24(30)6-2)16-18(22)10-14-26(28)32-4/h7-16H,5-6H2,1-4H3. The molecule has 0 amide bonds. The van der Waals surface area contributed by atoms with Crippen LogP contribution in [-0.2, 0) is 0 Å². The third-order valence-electron chi connectivity index (χ3n) is 5.94. The fourth-order valence-electron chi connectivity index (χ4n) is 4.23. The van der Waals surface area contributed by atoms with Crippen molar-refractivity contribution in [3.05, 3.63) is 71.8 Å². The summed E-state index contributed by atoms with van der Waals surface area (Å²) in [5.41, 5.74) is 3.20. The Hall–Kier alpha value is -3.66. The first-order valence-corrected chi connectivity index (χ1v) is 10.8. The van der Waals surface area contributed by atoms with E-state index in [0.29, 0.717) is 35.5 Å². The number of ether oxygens (including phenoxy) is 2. The summed E-state index contributed by atoms with van der Waals surface area (Å²) in [7, 11) is 3.30. The molecule has 162 valence electrons. The zero-order chi connectivity index (χ0) is 22.8. The number of ketones is 2. The number of carbonyl (C=O) groups excluding carboxylic acids is 2. The molecule has 0 aliphatic rings. The molecule has 4 heteroatoms. The summed E-state index contributed by atoms with van der Waals surface area (Å²) in [6.45, 7) is 3.73. The van der Waals surface area contributed by atoms with E-state index < -0.39 is 0 Å². The molecule has 4 nitrogen and oxygen atoms in total. The van der Waals surface area contributed by atoms with Crippen molar-refractivity contribution in [1.82, 2.24) is 0 Å². The van der Waals surface area contributed by atoms with Crippen molar-refractivity contribution in [3.8, 4) is 22.6 Å². The molecule has 0 heterocycles. The van der Waals surface area contributed by atoms with E-state index in [4.69, 9.17) is 9.47 Å². The van der Waals surface area contributed by atoms with E-state index in [0.717, 1.165) is 32.7 Å². The van der Waals surface area contributed by atoms with Crippen LogP contribution in [0.3, 0.4) is 0 Å². The van der Waals surface area contributed by atoms with Crippen molar-refractivity contribution < 1.29 is 19.1 Å². The third-order valence-corrected chi connectivity index (χ3v) is 5.94. The smallest absolute Gasteiger partial charge is 0.162 e. The molecule has 0 fully saturated rings. The number of Topliss-reactive ketones (excluding diaryl/α,β-unsaturated/α-hetero) is 2. The topological polar surface area (TPSA) is 52.6 Å². The molecule has 0 spiro atoms. The predicted molar refractivity (Wildman–Crippen MR) is 129 cm³/mol. The van der Waals surface area contributed by atoms with Crippen LogP contribution < -0.4 is 9.47 Å². The molecule has 0 saturated heterocycles. The zero-order valence-corrected chi connectivity index (χ0v) is 18.8. The minimum absolute atomic E-state index is 0.111. The number of fused-ring (bicyclic) bond motifs is 2. The minimum Gasteiger partial charge on any atom is -0.496 e. The van der Waals surface area contributed by atoms with Gasteiger partial charge in [-0.25, -0.2) is 0 Å². The molecular formula is C28H26O4. The lowest BCUT2D eigenvalue weighted by atomic mass is 9.90. The van der Waals surface area contributed by atoms with E-state index in [1.54, 1.807) is 14.2 Å². The molecule has 32 heavy (non-hydrogen) atoms. The van der Waals surface area contributed by atoms with Crippen molar-refractivity contribution in [1.29, 1.82) is 0 Å². The van der Waals surface area contributed by atoms with Crippen LogP contribution in [-0.4, -0.2) is 25.8 Å². The van der Waals surface area contributed by atoms with E-state index in [9.17, 15) is 9.59 Å². The predicted octanol–water partition coefficient (Wildman–Crippen LogP) is 6.86. The molecule has 0 saturated carbocycles. The monoisotopic (exact) mass is 426 g/mol. The second-order valence-corrected chi connectivity index (χ2v) is 7.71. The Balaban J connectivity index is 2.06. The molecule has 4 aromatic rings. The quantitative estimate of drug-likeness (QED) is 0.303. The molecule has 4 rings (SSSR count). The van der Waals surface area contributed by atoms with Crippen molar-refractivity contribution >= 4 is 33.1 Å². The van der Waals surface area contributed by atoms with Gasteiger partial charge in [0.15, 0.2) is 11.6 Å². The Morgan fingerprint density at radius 3 is 1.38 bits per heavy atom. The summed E-state index contributed by atoms with van der Waals surface area (Å²) in [4.78, 5) is 24.5. The molecule has 0 radical (unpaired) electrons. The van der Waals surface area contributed by atoms with Gasteiger partial charge in [-0.15, -0.1) is 0 Å². The summed E-state index contributed by atoms with van der Waals surface area (Å²) < 4.78 is 11.5. The van der Waals surface area contributed by atoms with Crippen molar-refractivity contribution in [2.75, 3.05) is 14.2 Å². The van der Waals surface area contributed by atoms with Crippen LogP contribution in [0, 0.1) is 0 Å². The minimum atomic E-state index is 0.111. The van der Waals surface area contributed by atoms with Crippen LogP contribution >= 0.6 is 0 Å². The maximum atomic E-state index is 12.2. The first-order valence-electron chi connectivity index (χ1n) is 10.8. The lowest BCUT2D eigenvalue weighted by Gasteiger charge is -2.18. The van der Waals surface area contributed by atoms with E-state index in [2.05, 4.69) is 0 Å². The zero-order valence-electron chi connectivity index (χ0n) is 18.8. The Kier molecular flexibility index (Phi) is 5.95. The van der Waals surface area contributed by atoms with Gasteiger partial charge in [-0.1, -0.05) is 50.2 Å². The molecule has 0 unspecified atom stereocenters. The molecular weight excluding hydrogens is 400 g/mol. The maximum Gasteiger partial charge on any atom is 0.162 e. The van der Waals surface area contributed by atoms with Gasteiger partial charge in [-0.2, -0.15) is 0 Å². The highest BCUT2D eigenvalue weighted by Crippen LogP contribution is 2.45. The molecule has 0 atom stereocenters. The fourth-order valence-corrected chi connectivity index (χ4v) is 4.23. The fraction of sp³-hybridized carbons (Fsp3) is 0.214. The maximum absolute atomic E-state index is 12.2. The van der Waals surface area contributed by atoms with Crippen molar-refractivity contribution in [3.63, 3.8) is 0 Å². The summed E-state index contributed by atoms with van der Waals surface area (Å²) >= 11 is 0. The van der Waals surface area contributed by atoms with Gasteiger partial charge in [0.25, 0.3) is 0 Å². The van der Waals surface area contributed by atoms with Gasteiger partial charge in [0.1, 0.15) is 11.5 Å². The van der Waals surface area contributed by atoms with Crippen LogP contribution in [0.2, 0.25) is 0 Å². The average Bonchev–Trinajstić information content (AvgIpc) is 2.85. The van der Waals surface area contributed by atoms with Crippen LogP contribution in [0.15, 0.2) is 60.7 Å². The lowest BCUT2D eigenvalue weighted by Crippen LogP contribution is -1.99. The van der Waals surface area contributed by atoms with E-state index in [-0.39, 0.29) is 11.6 Å². The van der Waals surface area contributed by atoms with E-state index in [1.807, 2.05) is 74.5 Å². The first-order chi connectivity index (χ1) is 15.5. The average molecular weight is 427 g/mol. The number of rotatable bonds is 7.